The molecular weight excluding hydrogens is 470 g/mol. The number of nitrogens with zero attached hydrogens (tertiary/aromatic N) is 4. The monoisotopic (exact) mass is 503 g/mol. The first-order valence-corrected chi connectivity index (χ1v) is 13.9. The number of nitrogens with one attached hydrogen (secondary N) is 1. The van der Waals surface area contributed by atoms with Crippen molar-refractivity contribution in [2.45, 2.75) is 82.8 Å². The Morgan fingerprint density at radius 2 is 1.89 bits per heavy atom. The van der Waals surface area contributed by atoms with Gasteiger partial charge in [0.15, 0.2) is 5.16 Å². The zero-order valence-corrected chi connectivity index (χ0v) is 22.0. The summed E-state index contributed by atoms with van der Waals surface area (Å²) in [4.78, 5) is 26.5. The third kappa shape index (κ3) is 4.78. The molecule has 0 radical (unpaired) electrons. The van der Waals surface area contributed by atoms with E-state index in [2.05, 4.69) is 47.6 Å². The van der Waals surface area contributed by atoms with Gasteiger partial charge in [0, 0.05) is 23.9 Å². The fourth-order valence-electron chi connectivity index (χ4n) is 5.06. The molecule has 1 N–H and O–H groups in total. The molecule has 4 aromatic rings. The van der Waals surface area contributed by atoms with Gasteiger partial charge in [-0.15, -0.1) is 10.2 Å². The highest BCUT2D eigenvalue weighted by molar-refractivity contribution is 7.98. The van der Waals surface area contributed by atoms with Crippen molar-refractivity contribution >= 4 is 34.3 Å². The predicted molar refractivity (Wildman–Crippen MR) is 145 cm³/mol. The van der Waals surface area contributed by atoms with Crippen molar-refractivity contribution in [3.63, 3.8) is 0 Å². The largest absolute Gasteiger partial charge is 0.349 e. The minimum absolute atomic E-state index is 0.0904. The lowest BCUT2D eigenvalue weighted by Gasteiger charge is -2.22. The van der Waals surface area contributed by atoms with Crippen molar-refractivity contribution in [1.82, 2.24) is 24.5 Å². The molecule has 1 aliphatic rings. The molecule has 0 spiro atoms. The summed E-state index contributed by atoms with van der Waals surface area (Å²) < 4.78 is 3.64. The van der Waals surface area contributed by atoms with Crippen molar-refractivity contribution in [3.05, 3.63) is 69.0 Å². The Morgan fingerprint density at radius 3 is 2.67 bits per heavy atom. The Morgan fingerprint density at radius 1 is 1.08 bits per heavy atom. The number of rotatable bonds is 7. The number of carbonyl (C=O) groups excluding carboxylic acids is 1. The van der Waals surface area contributed by atoms with Crippen LogP contribution in [0.5, 0.6) is 0 Å². The van der Waals surface area contributed by atoms with Crippen molar-refractivity contribution in [3.8, 4) is 0 Å². The summed E-state index contributed by atoms with van der Waals surface area (Å²) in [5.41, 5.74) is 4.83. The average Bonchev–Trinajstić information content (AvgIpc) is 3.31. The Kier molecular flexibility index (Phi) is 7.14. The lowest BCUT2D eigenvalue weighted by atomic mass is 9.95. The smallest absolute Gasteiger partial charge is 0.262 e. The Labute approximate surface area is 215 Å². The van der Waals surface area contributed by atoms with Gasteiger partial charge in [-0.3, -0.25) is 18.6 Å². The van der Waals surface area contributed by atoms with E-state index in [0.717, 1.165) is 37.9 Å². The molecule has 0 unspecified atom stereocenters. The van der Waals surface area contributed by atoms with Crippen molar-refractivity contribution in [2.75, 3.05) is 0 Å². The third-order valence-corrected chi connectivity index (χ3v) is 8.06. The van der Waals surface area contributed by atoms with Crippen LogP contribution in [0.25, 0.3) is 16.7 Å². The number of hydrogen-bond acceptors (Lipinski definition) is 5. The van der Waals surface area contributed by atoms with Gasteiger partial charge in [0.05, 0.1) is 10.9 Å². The van der Waals surface area contributed by atoms with Crippen LogP contribution in [-0.2, 0) is 12.3 Å². The normalized spacial score (nSPS) is 14.5. The van der Waals surface area contributed by atoms with Crippen molar-refractivity contribution in [1.29, 1.82) is 0 Å². The number of amides is 1. The van der Waals surface area contributed by atoms with Crippen LogP contribution in [0, 0.1) is 13.8 Å². The van der Waals surface area contributed by atoms with Gasteiger partial charge in [0.2, 0.25) is 5.78 Å². The lowest BCUT2D eigenvalue weighted by molar-refractivity contribution is 0.0928. The molecule has 1 fully saturated rings. The van der Waals surface area contributed by atoms with E-state index in [0.29, 0.717) is 33.9 Å². The molecule has 8 heteroatoms. The number of aromatic nitrogens is 4. The van der Waals surface area contributed by atoms with Crippen LogP contribution in [0.15, 0.2) is 46.3 Å². The number of benzene rings is 2. The molecule has 1 aliphatic carbocycles. The van der Waals surface area contributed by atoms with Crippen LogP contribution in [0.1, 0.15) is 72.5 Å². The van der Waals surface area contributed by atoms with E-state index in [4.69, 9.17) is 0 Å². The Bertz CT molecular complexity index is 1480. The second kappa shape index (κ2) is 10.5. The van der Waals surface area contributed by atoms with Crippen LogP contribution in [-0.4, -0.2) is 31.1 Å². The summed E-state index contributed by atoms with van der Waals surface area (Å²) in [6.45, 7) is 6.81. The zero-order valence-electron chi connectivity index (χ0n) is 21.2. The van der Waals surface area contributed by atoms with Crippen LogP contribution in [0.3, 0.4) is 0 Å². The predicted octanol–water partition coefficient (Wildman–Crippen LogP) is 5.43. The summed E-state index contributed by atoms with van der Waals surface area (Å²) in [5, 5.41) is 13.4. The number of hydrogen-bond donors (Lipinski definition) is 1. The second-order valence-electron chi connectivity index (χ2n) is 9.83. The highest BCUT2D eigenvalue weighted by Gasteiger charge is 2.20. The van der Waals surface area contributed by atoms with Crippen molar-refractivity contribution in [2.24, 2.45) is 0 Å². The first-order valence-electron chi connectivity index (χ1n) is 12.9. The molecule has 2 aromatic carbocycles. The van der Waals surface area contributed by atoms with Gasteiger partial charge < -0.3 is 5.32 Å². The summed E-state index contributed by atoms with van der Waals surface area (Å²) in [6, 6.07) is 12.0. The second-order valence-corrected chi connectivity index (χ2v) is 10.8. The van der Waals surface area contributed by atoms with E-state index in [-0.39, 0.29) is 17.5 Å². The molecule has 36 heavy (non-hydrogen) atoms. The standard InChI is InChI=1S/C28H33N5O2S/c1-4-14-32-26(35)23-13-12-20(25(34)29-22-8-6-5-7-9-22)16-24(23)33-27(32)30-31-28(33)36-17-21-15-18(2)10-11-19(21)3/h10-13,15-16,22H,4-9,14,17H2,1-3H3,(H,29,34). The number of aryl methyl sites for hydroxylation is 3. The van der Waals surface area contributed by atoms with Gasteiger partial charge in [-0.05, 0) is 62.4 Å². The SMILES string of the molecule is CCCn1c(=O)c2ccc(C(=O)NC3CCCCC3)cc2n2c(SCc3cc(C)ccc3C)nnc12. The van der Waals surface area contributed by atoms with Gasteiger partial charge >= 0.3 is 0 Å². The highest BCUT2D eigenvalue weighted by Crippen LogP contribution is 2.27. The van der Waals surface area contributed by atoms with E-state index < -0.39 is 0 Å². The molecule has 2 heterocycles. The quantitative estimate of drug-likeness (QED) is 0.340. The maximum absolute atomic E-state index is 13.4. The summed E-state index contributed by atoms with van der Waals surface area (Å²) >= 11 is 1.60. The molecule has 5 rings (SSSR count). The Balaban J connectivity index is 1.57. The van der Waals surface area contributed by atoms with Gasteiger partial charge in [0.1, 0.15) is 0 Å². The molecule has 0 saturated heterocycles. The highest BCUT2D eigenvalue weighted by atomic mass is 32.2. The molecule has 2 aromatic heterocycles. The first kappa shape index (κ1) is 24.6. The molecule has 0 atom stereocenters. The molecule has 0 aliphatic heterocycles. The molecular formula is C28H33N5O2S. The van der Waals surface area contributed by atoms with Gasteiger partial charge in [-0.25, -0.2) is 0 Å². The molecule has 1 saturated carbocycles. The minimum Gasteiger partial charge on any atom is -0.349 e. The van der Waals surface area contributed by atoms with E-state index in [1.54, 1.807) is 28.5 Å². The summed E-state index contributed by atoms with van der Waals surface area (Å²) in [6.07, 6.45) is 6.40. The van der Waals surface area contributed by atoms with Crippen LogP contribution >= 0.6 is 11.8 Å². The average molecular weight is 504 g/mol. The topological polar surface area (TPSA) is 81.3 Å². The van der Waals surface area contributed by atoms with Gasteiger partial charge in [-0.1, -0.05) is 61.7 Å². The van der Waals surface area contributed by atoms with E-state index in [9.17, 15) is 9.59 Å². The lowest BCUT2D eigenvalue weighted by Crippen LogP contribution is -2.36. The molecule has 0 bridgehead atoms. The fraction of sp³-hybridized carbons (Fsp3) is 0.429. The zero-order chi connectivity index (χ0) is 25.2. The van der Waals surface area contributed by atoms with Gasteiger partial charge in [0.25, 0.3) is 11.5 Å². The maximum atomic E-state index is 13.4. The molecule has 188 valence electrons. The van der Waals surface area contributed by atoms with Crippen LogP contribution in [0.4, 0.5) is 0 Å². The minimum atomic E-state index is -0.0999. The van der Waals surface area contributed by atoms with E-state index >= 15 is 0 Å². The van der Waals surface area contributed by atoms with Crippen molar-refractivity contribution < 1.29 is 4.79 Å². The van der Waals surface area contributed by atoms with E-state index in [1.165, 1.54) is 23.1 Å². The third-order valence-electron chi connectivity index (χ3n) is 7.08. The Hall–Kier alpha value is -3.13. The number of thioether (sulfide) groups is 1. The molecule has 1 amide bonds. The molecule has 7 nitrogen and oxygen atoms in total. The number of carbonyl (C=O) groups is 1. The van der Waals surface area contributed by atoms with E-state index in [1.807, 2.05) is 17.4 Å². The number of fused-ring (bicyclic) bond motifs is 3. The summed E-state index contributed by atoms with van der Waals surface area (Å²) in [5.74, 6) is 1.17. The maximum Gasteiger partial charge on any atom is 0.262 e. The van der Waals surface area contributed by atoms with Crippen LogP contribution < -0.4 is 10.9 Å². The summed E-state index contributed by atoms with van der Waals surface area (Å²) in [7, 11) is 0. The fourth-order valence-corrected chi connectivity index (χ4v) is 6.06. The van der Waals surface area contributed by atoms with Gasteiger partial charge in [-0.2, -0.15) is 0 Å². The van der Waals surface area contributed by atoms with Crippen LogP contribution in [0.2, 0.25) is 0 Å². The first-order chi connectivity index (χ1) is 17.5.